The van der Waals surface area contributed by atoms with Crippen LogP contribution in [0.1, 0.15) is 16.8 Å². The standard InChI is InChI=1S/C18H16N4O4S2/c23-16(13-6-4-7-14(12-13)22(24)25)19-17-20-21-18(28-17)27-11-5-10-26-15-8-2-1-3-9-15/h1-4,6-9,12H,5,10-11H2,(H,19,20,23). The van der Waals surface area contributed by atoms with Gasteiger partial charge in [-0.05, 0) is 24.6 Å². The van der Waals surface area contributed by atoms with E-state index in [0.29, 0.717) is 11.7 Å². The van der Waals surface area contributed by atoms with Crippen molar-refractivity contribution in [3.05, 3.63) is 70.3 Å². The van der Waals surface area contributed by atoms with Crippen LogP contribution in [0.5, 0.6) is 5.75 Å². The lowest BCUT2D eigenvalue weighted by Crippen LogP contribution is -2.11. The highest BCUT2D eigenvalue weighted by atomic mass is 32.2. The first-order valence-corrected chi connectivity index (χ1v) is 10.1. The van der Waals surface area contributed by atoms with E-state index in [1.165, 1.54) is 47.4 Å². The first-order valence-electron chi connectivity index (χ1n) is 8.32. The van der Waals surface area contributed by atoms with Gasteiger partial charge >= 0.3 is 0 Å². The van der Waals surface area contributed by atoms with Crippen LogP contribution in [0.25, 0.3) is 0 Å². The molecule has 0 radical (unpaired) electrons. The summed E-state index contributed by atoms with van der Waals surface area (Å²) in [7, 11) is 0. The van der Waals surface area contributed by atoms with Gasteiger partial charge in [0.1, 0.15) is 5.75 Å². The van der Waals surface area contributed by atoms with Crippen LogP contribution in [0.4, 0.5) is 10.8 Å². The molecule has 10 heteroatoms. The molecule has 0 aliphatic rings. The van der Waals surface area contributed by atoms with Gasteiger partial charge < -0.3 is 4.74 Å². The summed E-state index contributed by atoms with van der Waals surface area (Å²) >= 11 is 2.78. The largest absolute Gasteiger partial charge is 0.494 e. The van der Waals surface area contributed by atoms with Crippen molar-refractivity contribution in [2.45, 2.75) is 10.8 Å². The highest BCUT2D eigenvalue weighted by molar-refractivity contribution is 8.01. The van der Waals surface area contributed by atoms with Gasteiger partial charge in [-0.25, -0.2) is 0 Å². The van der Waals surface area contributed by atoms with E-state index in [1.807, 2.05) is 30.3 Å². The molecule has 8 nitrogen and oxygen atoms in total. The van der Waals surface area contributed by atoms with Crippen molar-refractivity contribution in [2.24, 2.45) is 0 Å². The Morgan fingerprint density at radius 2 is 2.00 bits per heavy atom. The Morgan fingerprint density at radius 1 is 1.18 bits per heavy atom. The normalized spacial score (nSPS) is 10.4. The van der Waals surface area contributed by atoms with Gasteiger partial charge in [0.15, 0.2) is 4.34 Å². The number of carbonyl (C=O) groups excluding carboxylic acids is 1. The molecule has 0 spiro atoms. The summed E-state index contributed by atoms with van der Waals surface area (Å²) in [4.78, 5) is 22.5. The van der Waals surface area contributed by atoms with Crippen LogP contribution in [0, 0.1) is 10.1 Å². The van der Waals surface area contributed by atoms with Crippen molar-refractivity contribution in [1.82, 2.24) is 10.2 Å². The number of nitro groups is 1. The molecule has 0 saturated carbocycles. The fourth-order valence-electron chi connectivity index (χ4n) is 2.17. The maximum atomic E-state index is 12.2. The van der Waals surface area contributed by atoms with Gasteiger partial charge in [0.05, 0.1) is 11.5 Å². The monoisotopic (exact) mass is 416 g/mol. The van der Waals surface area contributed by atoms with Crippen molar-refractivity contribution in [2.75, 3.05) is 17.7 Å². The molecule has 1 amide bonds. The minimum Gasteiger partial charge on any atom is -0.494 e. The Balaban J connectivity index is 1.44. The van der Waals surface area contributed by atoms with Crippen molar-refractivity contribution in [3.63, 3.8) is 0 Å². The molecule has 3 aromatic rings. The maximum Gasteiger partial charge on any atom is 0.270 e. The Labute approximate surface area is 169 Å². The van der Waals surface area contributed by atoms with Crippen LogP contribution < -0.4 is 10.1 Å². The average molecular weight is 416 g/mol. The number of benzene rings is 2. The molecule has 1 aromatic heterocycles. The van der Waals surface area contributed by atoms with Gasteiger partial charge in [0.2, 0.25) is 5.13 Å². The van der Waals surface area contributed by atoms with Crippen LogP contribution >= 0.6 is 23.1 Å². The van der Waals surface area contributed by atoms with E-state index >= 15 is 0 Å². The van der Waals surface area contributed by atoms with Gasteiger partial charge in [0.25, 0.3) is 11.6 Å². The summed E-state index contributed by atoms with van der Waals surface area (Å²) < 4.78 is 6.36. The quantitative estimate of drug-likeness (QED) is 0.183. The van der Waals surface area contributed by atoms with E-state index in [0.717, 1.165) is 22.3 Å². The number of aromatic nitrogens is 2. The number of thioether (sulfide) groups is 1. The first-order chi connectivity index (χ1) is 13.6. The van der Waals surface area contributed by atoms with Crippen LogP contribution in [0.15, 0.2) is 58.9 Å². The molecule has 0 aliphatic carbocycles. The third-order valence-electron chi connectivity index (χ3n) is 3.47. The number of para-hydroxylation sites is 1. The van der Waals surface area contributed by atoms with E-state index in [9.17, 15) is 14.9 Å². The molecule has 1 heterocycles. The van der Waals surface area contributed by atoms with Crippen LogP contribution in [-0.2, 0) is 0 Å². The Bertz CT molecular complexity index is 950. The number of rotatable bonds is 9. The Hall–Kier alpha value is -2.98. The molecule has 2 aromatic carbocycles. The summed E-state index contributed by atoms with van der Waals surface area (Å²) in [6.45, 7) is 0.603. The van der Waals surface area contributed by atoms with E-state index in [2.05, 4.69) is 15.5 Å². The summed E-state index contributed by atoms with van der Waals surface area (Å²) in [6, 6.07) is 15.1. The molecule has 0 bridgehead atoms. The SMILES string of the molecule is O=C(Nc1nnc(SCCCOc2ccccc2)s1)c1cccc([N+](=O)[O-])c1. The zero-order valence-electron chi connectivity index (χ0n) is 14.6. The Morgan fingerprint density at radius 3 is 2.79 bits per heavy atom. The van der Waals surface area contributed by atoms with E-state index in [1.54, 1.807) is 0 Å². The van der Waals surface area contributed by atoms with E-state index < -0.39 is 10.8 Å². The third-order valence-corrected chi connectivity index (χ3v) is 5.53. The molecule has 0 aliphatic heterocycles. The fourth-order valence-corrected chi connectivity index (χ4v) is 3.90. The van der Waals surface area contributed by atoms with Gasteiger partial charge in [-0.1, -0.05) is 47.4 Å². The molecule has 0 saturated heterocycles. The van der Waals surface area contributed by atoms with Gasteiger partial charge in [-0.3, -0.25) is 20.2 Å². The lowest BCUT2D eigenvalue weighted by molar-refractivity contribution is -0.384. The first kappa shape index (κ1) is 19.8. The zero-order valence-corrected chi connectivity index (χ0v) is 16.2. The molecule has 1 N–H and O–H groups in total. The molecule has 3 rings (SSSR count). The number of nitro benzene ring substituents is 1. The predicted molar refractivity (Wildman–Crippen MR) is 108 cm³/mol. The van der Waals surface area contributed by atoms with Crippen molar-refractivity contribution in [1.29, 1.82) is 0 Å². The van der Waals surface area contributed by atoms with Crippen LogP contribution in [-0.4, -0.2) is 33.4 Å². The zero-order chi connectivity index (χ0) is 19.8. The fraction of sp³-hybridized carbons (Fsp3) is 0.167. The van der Waals surface area contributed by atoms with E-state index in [4.69, 9.17) is 4.74 Å². The van der Waals surface area contributed by atoms with Crippen LogP contribution in [0.2, 0.25) is 0 Å². The number of anilines is 1. The molecule has 144 valence electrons. The number of non-ortho nitro benzene ring substituents is 1. The van der Waals surface area contributed by atoms with Gasteiger partial charge in [-0.2, -0.15) is 0 Å². The summed E-state index contributed by atoms with van der Waals surface area (Å²) in [5.74, 6) is 1.18. The highest BCUT2D eigenvalue weighted by Gasteiger charge is 2.14. The molecule has 0 atom stereocenters. The molecular formula is C18H16N4O4S2. The van der Waals surface area contributed by atoms with Crippen molar-refractivity contribution >= 4 is 39.8 Å². The lowest BCUT2D eigenvalue weighted by Gasteiger charge is -2.04. The van der Waals surface area contributed by atoms with Crippen molar-refractivity contribution < 1.29 is 14.5 Å². The number of amides is 1. The molecule has 28 heavy (non-hydrogen) atoms. The minimum atomic E-state index is -0.544. The average Bonchev–Trinajstić information content (AvgIpc) is 3.15. The number of hydrogen-bond acceptors (Lipinski definition) is 8. The Kier molecular flexibility index (Phi) is 6.93. The number of hydrogen-bond donors (Lipinski definition) is 1. The lowest BCUT2D eigenvalue weighted by atomic mass is 10.2. The number of nitrogens with one attached hydrogen (secondary N) is 1. The van der Waals surface area contributed by atoms with E-state index in [-0.39, 0.29) is 11.3 Å². The second-order valence-corrected chi connectivity index (χ2v) is 7.82. The molecule has 0 fully saturated rings. The van der Waals surface area contributed by atoms with Gasteiger partial charge in [0, 0.05) is 23.4 Å². The topological polar surface area (TPSA) is 107 Å². The molecular weight excluding hydrogens is 400 g/mol. The van der Waals surface area contributed by atoms with Gasteiger partial charge in [-0.15, -0.1) is 10.2 Å². The maximum absolute atomic E-state index is 12.2. The second kappa shape index (κ2) is 9.81. The second-order valence-electron chi connectivity index (χ2n) is 5.50. The molecule has 0 unspecified atom stereocenters. The third kappa shape index (κ3) is 5.76. The minimum absolute atomic E-state index is 0.140. The number of nitrogens with zero attached hydrogens (tertiary/aromatic N) is 3. The highest BCUT2D eigenvalue weighted by Crippen LogP contribution is 2.26. The van der Waals surface area contributed by atoms with Crippen LogP contribution in [0.3, 0.4) is 0 Å². The summed E-state index contributed by atoms with van der Waals surface area (Å²) in [5.41, 5.74) is 0.0514. The number of ether oxygens (including phenoxy) is 1. The number of carbonyl (C=O) groups is 1. The summed E-state index contributed by atoms with van der Waals surface area (Å²) in [6.07, 6.45) is 0.842. The summed E-state index contributed by atoms with van der Waals surface area (Å²) in [5, 5.41) is 21.7. The van der Waals surface area contributed by atoms with Crippen molar-refractivity contribution in [3.8, 4) is 5.75 Å². The predicted octanol–water partition coefficient (Wildman–Crippen LogP) is 4.26. The smallest absolute Gasteiger partial charge is 0.270 e.